The number of non-ortho nitro benzene ring substituents is 1. The van der Waals surface area contributed by atoms with Crippen molar-refractivity contribution in [2.45, 2.75) is 64.5 Å². The molecule has 1 N–H and O–H groups in total. The average Bonchev–Trinajstić information content (AvgIpc) is 3.39. The zero-order valence-electron chi connectivity index (χ0n) is 23.4. The van der Waals surface area contributed by atoms with Gasteiger partial charge in [-0.1, -0.05) is 59.7 Å². The summed E-state index contributed by atoms with van der Waals surface area (Å²) in [6.45, 7) is 12.1. The highest BCUT2D eigenvalue weighted by Gasteiger charge is 2.60. The van der Waals surface area contributed by atoms with Crippen LogP contribution in [0.1, 0.15) is 64.3 Å². The second-order valence-electron chi connectivity index (χ2n) is 12.4. The SMILES string of the molecule is CC(C)(C)c1cc([C@@H]2[C@@H]3C(=O)N(c4ccc([N+](=O)[O-])cc4)C(=O)[C@@H]3ON2c2ccccc2)cc(C(C)(C)C)c1O. The number of fused-ring (bicyclic) bond motifs is 1. The minimum absolute atomic E-state index is 0.138. The van der Waals surface area contributed by atoms with Gasteiger partial charge in [0.25, 0.3) is 11.6 Å². The molecule has 0 aliphatic carbocycles. The van der Waals surface area contributed by atoms with Gasteiger partial charge in [0, 0.05) is 12.1 Å². The number of phenols is 1. The Kier molecular flexibility index (Phi) is 6.45. The number of anilines is 2. The normalized spacial score (nSPS) is 21.2. The van der Waals surface area contributed by atoms with E-state index in [0.717, 1.165) is 21.6 Å². The van der Waals surface area contributed by atoms with Crippen molar-refractivity contribution >= 4 is 28.9 Å². The van der Waals surface area contributed by atoms with Gasteiger partial charge in [0.05, 0.1) is 22.3 Å². The van der Waals surface area contributed by atoms with Crippen LogP contribution in [0.5, 0.6) is 5.75 Å². The van der Waals surface area contributed by atoms with Crippen LogP contribution in [-0.4, -0.2) is 27.9 Å². The zero-order chi connectivity index (χ0) is 29.1. The van der Waals surface area contributed by atoms with Gasteiger partial charge < -0.3 is 5.11 Å². The molecule has 2 fully saturated rings. The molecule has 0 unspecified atom stereocenters. The summed E-state index contributed by atoms with van der Waals surface area (Å²) >= 11 is 0. The number of aromatic hydroxyl groups is 1. The molecular weight excluding hydrogens is 510 g/mol. The van der Waals surface area contributed by atoms with Crippen LogP contribution in [0.2, 0.25) is 0 Å². The number of phenolic OH excluding ortho intramolecular Hbond substituents is 1. The Bertz CT molecular complexity index is 1450. The van der Waals surface area contributed by atoms with E-state index >= 15 is 0 Å². The van der Waals surface area contributed by atoms with Gasteiger partial charge in [-0.3, -0.25) is 24.5 Å². The molecule has 208 valence electrons. The van der Waals surface area contributed by atoms with E-state index in [-0.39, 0.29) is 17.1 Å². The van der Waals surface area contributed by atoms with Crippen LogP contribution in [0, 0.1) is 16.0 Å². The molecule has 9 nitrogen and oxygen atoms in total. The number of para-hydroxylation sites is 1. The summed E-state index contributed by atoms with van der Waals surface area (Å²) in [6.07, 6.45) is -1.09. The van der Waals surface area contributed by atoms with Crippen LogP contribution >= 0.6 is 0 Å². The molecule has 0 saturated carbocycles. The molecule has 40 heavy (non-hydrogen) atoms. The lowest BCUT2D eigenvalue weighted by Crippen LogP contribution is -2.37. The number of hydrogen-bond acceptors (Lipinski definition) is 7. The van der Waals surface area contributed by atoms with Crippen LogP contribution < -0.4 is 9.96 Å². The molecule has 0 radical (unpaired) electrons. The Hall–Kier alpha value is -4.24. The van der Waals surface area contributed by atoms with E-state index in [0.29, 0.717) is 5.69 Å². The van der Waals surface area contributed by atoms with Gasteiger partial charge >= 0.3 is 0 Å². The summed E-state index contributed by atoms with van der Waals surface area (Å²) in [5.41, 5.74) is 2.20. The highest BCUT2D eigenvalue weighted by molar-refractivity contribution is 6.24. The van der Waals surface area contributed by atoms with E-state index in [9.17, 15) is 24.8 Å². The minimum Gasteiger partial charge on any atom is -0.507 e. The third-order valence-corrected chi connectivity index (χ3v) is 7.53. The van der Waals surface area contributed by atoms with Gasteiger partial charge in [0.15, 0.2) is 6.10 Å². The summed E-state index contributed by atoms with van der Waals surface area (Å²) in [5, 5.41) is 24.1. The first-order valence-corrected chi connectivity index (χ1v) is 13.2. The first-order valence-electron chi connectivity index (χ1n) is 13.2. The smallest absolute Gasteiger partial charge is 0.269 e. The van der Waals surface area contributed by atoms with E-state index in [1.54, 1.807) is 5.06 Å². The van der Waals surface area contributed by atoms with Crippen molar-refractivity contribution in [1.29, 1.82) is 0 Å². The van der Waals surface area contributed by atoms with Crippen molar-refractivity contribution in [3.8, 4) is 5.75 Å². The van der Waals surface area contributed by atoms with Crippen molar-refractivity contribution in [3.63, 3.8) is 0 Å². The van der Waals surface area contributed by atoms with Crippen LogP contribution in [0.3, 0.4) is 0 Å². The molecule has 2 saturated heterocycles. The fraction of sp³-hybridized carbons (Fsp3) is 0.355. The number of amides is 2. The monoisotopic (exact) mass is 543 g/mol. The molecule has 2 amide bonds. The van der Waals surface area contributed by atoms with Crippen molar-refractivity contribution < 1.29 is 24.5 Å². The van der Waals surface area contributed by atoms with Crippen LogP contribution in [0.25, 0.3) is 0 Å². The molecule has 3 atom stereocenters. The van der Waals surface area contributed by atoms with Gasteiger partial charge in [-0.15, -0.1) is 0 Å². The predicted molar refractivity (Wildman–Crippen MR) is 151 cm³/mol. The number of carbonyl (C=O) groups excluding carboxylic acids is 2. The van der Waals surface area contributed by atoms with Crippen molar-refractivity contribution in [2.24, 2.45) is 5.92 Å². The van der Waals surface area contributed by atoms with Crippen molar-refractivity contribution in [1.82, 2.24) is 0 Å². The highest BCUT2D eigenvalue weighted by atomic mass is 16.7. The second-order valence-corrected chi connectivity index (χ2v) is 12.4. The van der Waals surface area contributed by atoms with E-state index in [1.807, 2.05) is 84.0 Å². The number of rotatable bonds is 4. The molecule has 0 spiro atoms. The summed E-state index contributed by atoms with van der Waals surface area (Å²) in [5.74, 6) is -1.65. The highest BCUT2D eigenvalue weighted by Crippen LogP contribution is 2.50. The Morgan fingerprint density at radius 1 is 0.825 bits per heavy atom. The maximum atomic E-state index is 14.0. The molecule has 9 heteroatoms. The fourth-order valence-electron chi connectivity index (χ4n) is 5.50. The van der Waals surface area contributed by atoms with Crippen molar-refractivity contribution in [3.05, 3.63) is 93.5 Å². The predicted octanol–water partition coefficient (Wildman–Crippen LogP) is 5.95. The molecule has 2 heterocycles. The number of carbonyl (C=O) groups is 2. The lowest BCUT2D eigenvalue weighted by atomic mass is 9.76. The second kappa shape index (κ2) is 9.45. The van der Waals surface area contributed by atoms with Gasteiger partial charge in [-0.25, -0.2) is 9.96 Å². The number of nitrogens with zero attached hydrogens (tertiary/aromatic N) is 3. The molecule has 2 aliphatic heterocycles. The first-order chi connectivity index (χ1) is 18.7. The minimum atomic E-state index is -1.09. The molecule has 0 bridgehead atoms. The third kappa shape index (κ3) is 4.50. The number of nitro groups is 1. The Morgan fingerprint density at radius 2 is 1.38 bits per heavy atom. The summed E-state index contributed by atoms with van der Waals surface area (Å²) < 4.78 is 0. The number of nitro benzene ring substituents is 1. The Morgan fingerprint density at radius 3 is 1.88 bits per heavy atom. The molecule has 5 rings (SSSR count). The van der Waals surface area contributed by atoms with Crippen LogP contribution in [0.4, 0.5) is 17.1 Å². The van der Waals surface area contributed by atoms with Gasteiger partial charge in [-0.2, -0.15) is 0 Å². The number of benzene rings is 3. The summed E-state index contributed by atoms with van der Waals surface area (Å²) in [7, 11) is 0. The lowest BCUT2D eigenvalue weighted by molar-refractivity contribution is -0.384. The van der Waals surface area contributed by atoms with E-state index < -0.39 is 45.6 Å². The van der Waals surface area contributed by atoms with Gasteiger partial charge in [0.1, 0.15) is 11.7 Å². The van der Waals surface area contributed by atoms with E-state index in [1.165, 1.54) is 24.3 Å². The number of hydrogen-bond donors (Lipinski definition) is 1. The van der Waals surface area contributed by atoms with Crippen LogP contribution in [-0.2, 0) is 25.3 Å². The number of imide groups is 1. The maximum absolute atomic E-state index is 14.0. The average molecular weight is 544 g/mol. The standard InChI is InChI=1S/C31H33N3O6/c1-30(2,3)22-16-18(17-23(26(22)35)31(4,5)6)25-24-27(40-33(25)20-10-8-7-9-11-20)29(37)32(28(24)36)19-12-14-21(15-13-19)34(38)39/h7-17,24-25,27,35H,1-6H3/t24-,25+,27+/m0/s1. The molecule has 2 aliphatic rings. The molecular formula is C31H33N3O6. The van der Waals surface area contributed by atoms with E-state index in [2.05, 4.69) is 0 Å². The quantitative estimate of drug-likeness (QED) is 0.246. The van der Waals surface area contributed by atoms with Gasteiger partial charge in [-0.05, 0) is 63.9 Å². The number of hydroxylamine groups is 1. The zero-order valence-corrected chi connectivity index (χ0v) is 23.4. The largest absolute Gasteiger partial charge is 0.507 e. The fourth-order valence-corrected chi connectivity index (χ4v) is 5.50. The lowest BCUT2D eigenvalue weighted by Gasteiger charge is -2.32. The summed E-state index contributed by atoms with van der Waals surface area (Å²) in [4.78, 5) is 45.6. The first kappa shape index (κ1) is 27.3. The molecule has 0 aromatic heterocycles. The van der Waals surface area contributed by atoms with Crippen molar-refractivity contribution in [2.75, 3.05) is 9.96 Å². The third-order valence-electron chi connectivity index (χ3n) is 7.53. The van der Waals surface area contributed by atoms with E-state index in [4.69, 9.17) is 4.84 Å². The molecule has 3 aromatic rings. The van der Waals surface area contributed by atoms with Gasteiger partial charge in [0.2, 0.25) is 5.91 Å². The van der Waals surface area contributed by atoms with Crippen LogP contribution in [0.15, 0.2) is 66.7 Å². The Labute approximate surface area is 233 Å². The summed E-state index contributed by atoms with van der Waals surface area (Å²) in [6, 6.07) is 17.8. The Balaban J connectivity index is 1.67. The molecule has 3 aromatic carbocycles. The maximum Gasteiger partial charge on any atom is 0.269 e. The topological polar surface area (TPSA) is 113 Å².